The number of amides is 1. The van der Waals surface area contributed by atoms with Crippen LogP contribution < -0.4 is 0 Å². The topological polar surface area (TPSA) is 49.0 Å². The smallest absolute Gasteiger partial charge is 0.236 e. The van der Waals surface area contributed by atoms with Crippen LogP contribution in [0.2, 0.25) is 0 Å². The molecule has 2 atom stereocenters. The van der Waals surface area contributed by atoms with Gasteiger partial charge in [0, 0.05) is 12.6 Å². The van der Waals surface area contributed by atoms with Crippen molar-refractivity contribution >= 4 is 17.7 Å². The molecule has 1 amide bonds. The molecule has 2 heterocycles. The molecule has 1 aromatic carbocycles. The molecule has 5 heteroatoms. The predicted octanol–water partition coefficient (Wildman–Crippen LogP) is 4.35. The Morgan fingerprint density at radius 1 is 1.38 bits per heavy atom. The Morgan fingerprint density at radius 3 is 2.92 bits per heavy atom. The number of nitrogens with one attached hydrogen (secondary N) is 1. The summed E-state index contributed by atoms with van der Waals surface area (Å²) in [6, 6.07) is 10.5. The molecule has 0 saturated carbocycles. The third-order valence-electron chi connectivity index (χ3n) is 4.65. The molecule has 3 rings (SSSR count). The number of carbonyl (C=O) groups excluding carboxylic acids is 1. The number of likely N-dealkylation sites (tertiary alicyclic amines) is 1. The first kappa shape index (κ1) is 17.1. The number of H-pyrrole nitrogens is 1. The average molecular weight is 343 g/mol. The molecule has 4 nitrogen and oxygen atoms in total. The summed E-state index contributed by atoms with van der Waals surface area (Å²) in [5, 5.41) is 0.687. The first-order valence-corrected chi connectivity index (χ1v) is 9.64. The van der Waals surface area contributed by atoms with E-state index in [1.807, 2.05) is 31.3 Å². The summed E-state index contributed by atoms with van der Waals surface area (Å²) in [6.45, 7) is 5.06. The summed E-state index contributed by atoms with van der Waals surface area (Å²) in [4.78, 5) is 22.7. The average Bonchev–Trinajstić information content (AvgIpc) is 3.10. The molecule has 24 heavy (non-hydrogen) atoms. The fraction of sp³-hybridized carbons (Fsp3) is 0.474. The Labute approximate surface area is 148 Å². The van der Waals surface area contributed by atoms with Gasteiger partial charge in [-0.3, -0.25) is 4.79 Å². The van der Waals surface area contributed by atoms with E-state index in [1.165, 1.54) is 18.2 Å². The van der Waals surface area contributed by atoms with Crippen LogP contribution in [-0.2, 0) is 4.79 Å². The third kappa shape index (κ3) is 3.83. The van der Waals surface area contributed by atoms with E-state index in [0.29, 0.717) is 6.04 Å². The summed E-state index contributed by atoms with van der Waals surface area (Å²) in [7, 11) is 0. The van der Waals surface area contributed by atoms with Crippen molar-refractivity contribution in [3.63, 3.8) is 0 Å². The summed E-state index contributed by atoms with van der Waals surface area (Å²) >= 11 is 1.52. The van der Waals surface area contributed by atoms with Crippen LogP contribution in [0, 0.1) is 0 Å². The van der Waals surface area contributed by atoms with Crippen molar-refractivity contribution in [2.24, 2.45) is 0 Å². The standard InChI is InChI=1S/C19H25N3OS/c1-3-16-11-7-8-12-22(16)18(23)14(2)24-19-20-13-17(21-19)15-9-5-4-6-10-15/h4-6,9-10,13-14,16H,3,7-8,11-12H2,1-2H3,(H,20,21)/t14-,16-/m0/s1. The zero-order valence-electron chi connectivity index (χ0n) is 14.4. The van der Waals surface area contributed by atoms with Crippen LogP contribution in [0.4, 0.5) is 0 Å². The molecule has 0 radical (unpaired) electrons. The van der Waals surface area contributed by atoms with Crippen molar-refractivity contribution in [1.82, 2.24) is 14.9 Å². The third-order valence-corrected chi connectivity index (χ3v) is 5.64. The Kier molecular flexibility index (Phi) is 5.61. The highest BCUT2D eigenvalue weighted by Crippen LogP contribution is 2.28. The summed E-state index contributed by atoms with van der Waals surface area (Å²) in [5.74, 6) is 0.240. The molecular formula is C19H25N3OS. The minimum Gasteiger partial charge on any atom is -0.339 e. The lowest BCUT2D eigenvalue weighted by Crippen LogP contribution is -2.46. The van der Waals surface area contributed by atoms with Gasteiger partial charge in [-0.15, -0.1) is 0 Å². The number of aromatic nitrogens is 2. The molecule has 1 fully saturated rings. The van der Waals surface area contributed by atoms with Gasteiger partial charge in [0.05, 0.1) is 17.1 Å². The van der Waals surface area contributed by atoms with Gasteiger partial charge in [0.15, 0.2) is 5.16 Å². The highest BCUT2D eigenvalue weighted by molar-refractivity contribution is 8.00. The largest absolute Gasteiger partial charge is 0.339 e. The van der Waals surface area contributed by atoms with Gasteiger partial charge in [0.1, 0.15) is 0 Å². The van der Waals surface area contributed by atoms with Gasteiger partial charge in [-0.1, -0.05) is 49.0 Å². The molecule has 128 valence electrons. The van der Waals surface area contributed by atoms with E-state index in [2.05, 4.69) is 33.9 Å². The molecule has 1 aliphatic heterocycles. The fourth-order valence-corrected chi connectivity index (χ4v) is 4.15. The van der Waals surface area contributed by atoms with Gasteiger partial charge in [-0.05, 0) is 38.2 Å². The maximum Gasteiger partial charge on any atom is 0.236 e. The van der Waals surface area contributed by atoms with Crippen molar-refractivity contribution in [2.75, 3.05) is 6.54 Å². The lowest BCUT2D eigenvalue weighted by molar-refractivity contribution is -0.134. The van der Waals surface area contributed by atoms with E-state index in [9.17, 15) is 4.79 Å². The zero-order valence-corrected chi connectivity index (χ0v) is 15.2. The van der Waals surface area contributed by atoms with Crippen LogP contribution in [0.15, 0.2) is 41.7 Å². The van der Waals surface area contributed by atoms with E-state index in [1.54, 1.807) is 0 Å². The first-order chi connectivity index (χ1) is 11.7. The van der Waals surface area contributed by atoms with Gasteiger partial charge in [0.25, 0.3) is 0 Å². The number of imidazole rings is 1. The number of hydrogen-bond acceptors (Lipinski definition) is 3. The number of thioether (sulfide) groups is 1. The number of nitrogens with zero attached hydrogens (tertiary/aromatic N) is 2. The van der Waals surface area contributed by atoms with Gasteiger partial charge < -0.3 is 9.88 Å². The second-order valence-electron chi connectivity index (χ2n) is 6.32. The SMILES string of the molecule is CC[C@H]1CCCCN1C(=O)[C@H](C)Sc1ncc(-c2ccccc2)[nH]1. The van der Waals surface area contributed by atoms with E-state index >= 15 is 0 Å². The monoisotopic (exact) mass is 343 g/mol. The van der Waals surface area contributed by atoms with E-state index < -0.39 is 0 Å². The predicted molar refractivity (Wildman–Crippen MR) is 99.0 cm³/mol. The molecule has 0 unspecified atom stereocenters. The van der Waals surface area contributed by atoms with Crippen molar-refractivity contribution in [1.29, 1.82) is 0 Å². The maximum atomic E-state index is 12.8. The molecule has 1 saturated heterocycles. The van der Waals surface area contributed by atoms with Crippen LogP contribution in [0.5, 0.6) is 0 Å². The summed E-state index contributed by atoms with van der Waals surface area (Å²) in [6.07, 6.45) is 6.38. The first-order valence-electron chi connectivity index (χ1n) is 8.76. The lowest BCUT2D eigenvalue weighted by Gasteiger charge is -2.36. The van der Waals surface area contributed by atoms with Crippen LogP contribution >= 0.6 is 11.8 Å². The van der Waals surface area contributed by atoms with E-state index in [0.717, 1.165) is 42.2 Å². The Morgan fingerprint density at radius 2 is 2.17 bits per heavy atom. The number of aromatic amines is 1. The number of benzene rings is 1. The fourth-order valence-electron chi connectivity index (χ4n) is 3.29. The summed E-state index contributed by atoms with van der Waals surface area (Å²) in [5.41, 5.74) is 2.10. The Balaban J connectivity index is 1.65. The van der Waals surface area contributed by atoms with Crippen LogP contribution in [-0.4, -0.2) is 38.6 Å². The molecular weight excluding hydrogens is 318 g/mol. The van der Waals surface area contributed by atoms with E-state index in [4.69, 9.17) is 0 Å². The van der Waals surface area contributed by atoms with Crippen LogP contribution in [0.1, 0.15) is 39.5 Å². The zero-order chi connectivity index (χ0) is 16.9. The number of carbonyl (C=O) groups is 1. The van der Waals surface area contributed by atoms with Crippen molar-refractivity contribution in [3.05, 3.63) is 36.5 Å². The molecule has 0 spiro atoms. The number of piperidine rings is 1. The van der Waals surface area contributed by atoms with Gasteiger partial charge in [0.2, 0.25) is 5.91 Å². The van der Waals surface area contributed by atoms with Gasteiger partial charge in [-0.2, -0.15) is 0 Å². The second-order valence-corrected chi connectivity index (χ2v) is 7.65. The van der Waals surface area contributed by atoms with Crippen LogP contribution in [0.3, 0.4) is 0 Å². The molecule has 0 bridgehead atoms. The number of hydrogen-bond donors (Lipinski definition) is 1. The lowest BCUT2D eigenvalue weighted by atomic mass is 10.00. The Bertz CT molecular complexity index is 670. The normalized spacial score (nSPS) is 19.2. The van der Waals surface area contributed by atoms with Gasteiger partial charge in [-0.25, -0.2) is 4.98 Å². The van der Waals surface area contributed by atoms with Gasteiger partial charge >= 0.3 is 0 Å². The molecule has 2 aromatic rings. The molecule has 1 aliphatic rings. The highest BCUT2D eigenvalue weighted by Gasteiger charge is 2.29. The minimum atomic E-state index is -0.119. The molecule has 1 N–H and O–H groups in total. The number of rotatable bonds is 5. The second kappa shape index (κ2) is 7.88. The highest BCUT2D eigenvalue weighted by atomic mass is 32.2. The van der Waals surface area contributed by atoms with Crippen LogP contribution in [0.25, 0.3) is 11.3 Å². The Hall–Kier alpha value is -1.75. The minimum absolute atomic E-state index is 0.119. The van der Waals surface area contributed by atoms with Crippen molar-refractivity contribution in [3.8, 4) is 11.3 Å². The summed E-state index contributed by atoms with van der Waals surface area (Å²) < 4.78 is 0. The molecule has 1 aromatic heterocycles. The van der Waals surface area contributed by atoms with E-state index in [-0.39, 0.29) is 11.2 Å². The molecule has 0 aliphatic carbocycles. The van der Waals surface area contributed by atoms with Crippen molar-refractivity contribution < 1.29 is 4.79 Å². The quantitative estimate of drug-likeness (QED) is 0.821. The maximum absolute atomic E-state index is 12.8. The van der Waals surface area contributed by atoms with Crippen molar-refractivity contribution in [2.45, 2.75) is 56.0 Å².